The van der Waals surface area contributed by atoms with Crippen molar-refractivity contribution in [3.05, 3.63) is 28.9 Å². The van der Waals surface area contributed by atoms with E-state index in [-0.39, 0.29) is 5.75 Å². The maximum atomic E-state index is 9.14. The Kier molecular flexibility index (Phi) is 1.39. The second-order valence-corrected chi connectivity index (χ2v) is 3.22. The number of rotatable bonds is 0. The molecule has 3 heteroatoms. The van der Waals surface area contributed by atoms with Gasteiger partial charge in [-0.3, -0.25) is 0 Å². The van der Waals surface area contributed by atoms with Crippen LogP contribution in [0, 0.1) is 0 Å². The van der Waals surface area contributed by atoms with Crippen LogP contribution in [0.25, 0.3) is 10.9 Å². The summed E-state index contributed by atoms with van der Waals surface area (Å²) in [5, 5.41) is 10.1. The van der Waals surface area contributed by atoms with Crippen molar-refractivity contribution in [2.75, 3.05) is 0 Å². The van der Waals surface area contributed by atoms with Gasteiger partial charge in [0.1, 0.15) is 5.75 Å². The van der Waals surface area contributed by atoms with Gasteiger partial charge in [-0.1, -0.05) is 0 Å². The molecule has 1 heterocycles. The third-order valence-corrected chi connectivity index (χ3v) is 2.27. The number of halogens is 1. The lowest BCUT2D eigenvalue weighted by atomic mass is 10.2. The highest BCUT2D eigenvalue weighted by Gasteiger charge is 1.99. The number of fused-ring (bicyclic) bond motifs is 1. The Labute approximate surface area is 72.0 Å². The van der Waals surface area contributed by atoms with Crippen molar-refractivity contribution in [1.29, 1.82) is 0 Å². The molecule has 0 aliphatic heterocycles. The summed E-state index contributed by atoms with van der Waals surface area (Å²) in [7, 11) is 0. The molecule has 0 atom stereocenters. The van der Waals surface area contributed by atoms with Gasteiger partial charge in [-0.2, -0.15) is 0 Å². The van der Waals surface area contributed by atoms with E-state index >= 15 is 0 Å². The summed E-state index contributed by atoms with van der Waals surface area (Å²) in [4.78, 5) is 3.06. The summed E-state index contributed by atoms with van der Waals surface area (Å²) in [5.41, 5.74) is 1.02. The largest absolute Gasteiger partial charge is 0.508 e. The predicted octanol–water partition coefficient (Wildman–Crippen LogP) is 2.64. The standard InChI is InChI=1S/C8H6BrNO/c9-7-4-10-8-2-1-5(11)3-6(7)8/h1-4,10-11H. The van der Waals surface area contributed by atoms with Crippen LogP contribution < -0.4 is 0 Å². The molecule has 0 aliphatic carbocycles. The van der Waals surface area contributed by atoms with Gasteiger partial charge < -0.3 is 10.1 Å². The van der Waals surface area contributed by atoms with E-state index in [0.717, 1.165) is 15.4 Å². The van der Waals surface area contributed by atoms with Gasteiger partial charge in [-0.25, -0.2) is 0 Å². The number of hydrogen-bond acceptors (Lipinski definition) is 1. The first kappa shape index (κ1) is 6.73. The number of aromatic nitrogens is 1. The minimum absolute atomic E-state index is 0.290. The minimum atomic E-state index is 0.290. The van der Waals surface area contributed by atoms with Crippen molar-refractivity contribution in [3.8, 4) is 5.75 Å². The molecule has 1 aromatic carbocycles. The van der Waals surface area contributed by atoms with E-state index in [4.69, 9.17) is 5.11 Å². The van der Waals surface area contributed by atoms with E-state index in [2.05, 4.69) is 20.9 Å². The first-order valence-electron chi connectivity index (χ1n) is 3.23. The predicted molar refractivity (Wildman–Crippen MR) is 47.7 cm³/mol. The molecule has 11 heavy (non-hydrogen) atoms. The van der Waals surface area contributed by atoms with E-state index in [9.17, 15) is 0 Å². The molecule has 56 valence electrons. The van der Waals surface area contributed by atoms with Crippen LogP contribution in [0.15, 0.2) is 28.9 Å². The molecule has 1 aromatic heterocycles. The summed E-state index contributed by atoms with van der Waals surface area (Å²) in [5.74, 6) is 0.290. The Bertz CT molecular complexity index is 394. The molecule has 2 rings (SSSR count). The molecule has 0 saturated heterocycles. The van der Waals surface area contributed by atoms with Gasteiger partial charge in [-0.05, 0) is 34.1 Å². The van der Waals surface area contributed by atoms with Crippen LogP contribution in [-0.4, -0.2) is 10.1 Å². The molecule has 2 nitrogen and oxygen atoms in total. The number of phenols is 1. The van der Waals surface area contributed by atoms with E-state index in [1.165, 1.54) is 0 Å². The molecule has 0 fully saturated rings. The molecular weight excluding hydrogens is 206 g/mol. The van der Waals surface area contributed by atoms with Crippen LogP contribution in [0.5, 0.6) is 5.75 Å². The van der Waals surface area contributed by atoms with Crippen molar-refractivity contribution in [1.82, 2.24) is 4.98 Å². The Balaban J connectivity index is 2.87. The third-order valence-electron chi connectivity index (χ3n) is 1.61. The molecule has 0 saturated carbocycles. The molecule has 2 N–H and O–H groups in total. The molecule has 0 radical (unpaired) electrons. The SMILES string of the molecule is Oc1ccc2[nH]cc(Br)c2c1. The van der Waals surface area contributed by atoms with Gasteiger partial charge in [0.25, 0.3) is 0 Å². The molecular formula is C8H6BrNO. The number of H-pyrrole nitrogens is 1. The van der Waals surface area contributed by atoms with Gasteiger partial charge in [0, 0.05) is 21.6 Å². The molecule has 0 spiro atoms. The zero-order valence-corrected chi connectivity index (χ0v) is 7.22. The van der Waals surface area contributed by atoms with Gasteiger partial charge in [-0.15, -0.1) is 0 Å². The third kappa shape index (κ3) is 1.01. The Morgan fingerprint density at radius 1 is 1.36 bits per heavy atom. The van der Waals surface area contributed by atoms with Crippen molar-refractivity contribution in [2.24, 2.45) is 0 Å². The Morgan fingerprint density at radius 2 is 2.18 bits per heavy atom. The highest BCUT2D eigenvalue weighted by atomic mass is 79.9. The first-order valence-corrected chi connectivity index (χ1v) is 4.02. The quantitative estimate of drug-likeness (QED) is 0.691. The fraction of sp³-hybridized carbons (Fsp3) is 0. The number of phenolic OH excluding ortho intramolecular Hbond substituents is 1. The summed E-state index contributed by atoms with van der Waals surface area (Å²) in [6.45, 7) is 0. The number of nitrogens with one attached hydrogen (secondary N) is 1. The summed E-state index contributed by atoms with van der Waals surface area (Å²) in [6, 6.07) is 5.22. The molecule has 0 aliphatic rings. The Morgan fingerprint density at radius 3 is 3.00 bits per heavy atom. The van der Waals surface area contributed by atoms with E-state index in [0.29, 0.717) is 0 Å². The second-order valence-electron chi connectivity index (χ2n) is 2.37. The average molecular weight is 212 g/mol. The lowest BCUT2D eigenvalue weighted by molar-refractivity contribution is 0.476. The smallest absolute Gasteiger partial charge is 0.116 e. The molecule has 0 bridgehead atoms. The van der Waals surface area contributed by atoms with Crippen molar-refractivity contribution >= 4 is 26.8 Å². The lowest BCUT2D eigenvalue weighted by Crippen LogP contribution is -1.66. The van der Waals surface area contributed by atoms with Crippen molar-refractivity contribution in [2.45, 2.75) is 0 Å². The maximum Gasteiger partial charge on any atom is 0.116 e. The van der Waals surface area contributed by atoms with Crippen LogP contribution in [0.3, 0.4) is 0 Å². The van der Waals surface area contributed by atoms with Crippen LogP contribution in [0.2, 0.25) is 0 Å². The summed E-state index contributed by atoms with van der Waals surface area (Å²) in [6.07, 6.45) is 1.85. The number of aromatic amines is 1. The number of benzene rings is 1. The van der Waals surface area contributed by atoms with Crippen molar-refractivity contribution in [3.63, 3.8) is 0 Å². The van der Waals surface area contributed by atoms with Crippen LogP contribution >= 0.6 is 15.9 Å². The average Bonchev–Trinajstić information content (AvgIpc) is 2.33. The van der Waals surface area contributed by atoms with E-state index in [1.807, 2.05) is 12.3 Å². The summed E-state index contributed by atoms with van der Waals surface area (Å²) >= 11 is 3.36. The zero-order chi connectivity index (χ0) is 7.84. The topological polar surface area (TPSA) is 36.0 Å². The van der Waals surface area contributed by atoms with Gasteiger partial charge in [0.05, 0.1) is 0 Å². The van der Waals surface area contributed by atoms with Gasteiger partial charge in [0.2, 0.25) is 0 Å². The highest BCUT2D eigenvalue weighted by molar-refractivity contribution is 9.10. The van der Waals surface area contributed by atoms with E-state index in [1.54, 1.807) is 12.1 Å². The van der Waals surface area contributed by atoms with E-state index < -0.39 is 0 Å². The highest BCUT2D eigenvalue weighted by Crippen LogP contribution is 2.26. The second kappa shape index (κ2) is 2.27. The minimum Gasteiger partial charge on any atom is -0.508 e. The van der Waals surface area contributed by atoms with Gasteiger partial charge >= 0.3 is 0 Å². The zero-order valence-electron chi connectivity index (χ0n) is 5.63. The van der Waals surface area contributed by atoms with Crippen LogP contribution in [0.1, 0.15) is 0 Å². The Hall–Kier alpha value is -0.960. The molecule has 0 unspecified atom stereocenters. The normalized spacial score (nSPS) is 10.6. The maximum absolute atomic E-state index is 9.14. The fourth-order valence-electron chi connectivity index (χ4n) is 1.07. The number of aromatic hydroxyl groups is 1. The van der Waals surface area contributed by atoms with Gasteiger partial charge in [0.15, 0.2) is 0 Å². The lowest BCUT2D eigenvalue weighted by Gasteiger charge is -1.91. The first-order chi connectivity index (χ1) is 5.27. The monoisotopic (exact) mass is 211 g/mol. The number of hydrogen-bond donors (Lipinski definition) is 2. The van der Waals surface area contributed by atoms with Crippen molar-refractivity contribution < 1.29 is 5.11 Å². The van der Waals surface area contributed by atoms with Crippen LogP contribution in [-0.2, 0) is 0 Å². The molecule has 0 amide bonds. The molecule has 2 aromatic rings. The summed E-state index contributed by atoms with van der Waals surface area (Å²) < 4.78 is 0.975. The fourth-order valence-corrected chi connectivity index (χ4v) is 1.52. The van der Waals surface area contributed by atoms with Crippen LogP contribution in [0.4, 0.5) is 0 Å².